The van der Waals surface area contributed by atoms with Gasteiger partial charge in [-0.25, -0.2) is 0 Å². The molecule has 1 aromatic carbocycles. The predicted octanol–water partition coefficient (Wildman–Crippen LogP) is 0.0650. The van der Waals surface area contributed by atoms with Crippen molar-refractivity contribution >= 4 is 0 Å². The summed E-state index contributed by atoms with van der Waals surface area (Å²) in [5.41, 5.74) is 1.12. The van der Waals surface area contributed by atoms with E-state index in [9.17, 15) is 10.2 Å². The van der Waals surface area contributed by atoms with Gasteiger partial charge < -0.3 is 15.5 Å². The molecule has 0 aliphatic carbocycles. The monoisotopic (exact) mass is 224 g/mol. The van der Waals surface area contributed by atoms with Crippen molar-refractivity contribution in [3.8, 4) is 0 Å². The second-order valence-corrected chi connectivity index (χ2v) is 3.83. The summed E-state index contributed by atoms with van der Waals surface area (Å²) < 4.78 is 0. The van der Waals surface area contributed by atoms with Crippen LogP contribution in [0.2, 0.25) is 0 Å². The largest absolute Gasteiger partial charge is 0.392 e. The van der Waals surface area contributed by atoms with Crippen molar-refractivity contribution in [3.63, 3.8) is 0 Å². The minimum absolute atomic E-state index is 0.327. The lowest BCUT2D eigenvalue weighted by Gasteiger charge is -2.16. The van der Waals surface area contributed by atoms with Crippen molar-refractivity contribution in [1.29, 1.82) is 0 Å². The first-order valence-corrected chi connectivity index (χ1v) is 5.50. The SMILES string of the molecule is CNCC(O)CC(O)NCc1ccccc1. The quantitative estimate of drug-likeness (QED) is 0.495. The van der Waals surface area contributed by atoms with Crippen LogP contribution in [0.5, 0.6) is 0 Å². The molecule has 0 fully saturated rings. The van der Waals surface area contributed by atoms with Gasteiger partial charge in [-0.1, -0.05) is 30.3 Å². The van der Waals surface area contributed by atoms with Gasteiger partial charge in [0.15, 0.2) is 0 Å². The van der Waals surface area contributed by atoms with Gasteiger partial charge in [-0.15, -0.1) is 0 Å². The first-order valence-electron chi connectivity index (χ1n) is 5.50. The summed E-state index contributed by atoms with van der Waals surface area (Å²) in [5, 5.41) is 24.9. The summed E-state index contributed by atoms with van der Waals surface area (Å²) in [6.07, 6.45) is -0.875. The molecule has 0 amide bonds. The van der Waals surface area contributed by atoms with Gasteiger partial charge in [-0.3, -0.25) is 5.32 Å². The van der Waals surface area contributed by atoms with Crippen molar-refractivity contribution in [1.82, 2.24) is 10.6 Å². The van der Waals surface area contributed by atoms with Crippen molar-refractivity contribution in [2.45, 2.75) is 25.3 Å². The lowest BCUT2D eigenvalue weighted by Crippen LogP contribution is -2.35. The molecule has 1 rings (SSSR count). The Bertz CT molecular complexity index is 280. The number of nitrogens with one attached hydrogen (secondary N) is 2. The summed E-state index contributed by atoms with van der Waals surface area (Å²) in [6.45, 7) is 1.10. The highest BCUT2D eigenvalue weighted by molar-refractivity contribution is 5.14. The fourth-order valence-electron chi connectivity index (χ4n) is 1.49. The van der Waals surface area contributed by atoms with Crippen LogP contribution >= 0.6 is 0 Å². The number of aliphatic hydroxyl groups is 2. The Balaban J connectivity index is 2.22. The Morgan fingerprint density at radius 2 is 1.88 bits per heavy atom. The third-order valence-corrected chi connectivity index (χ3v) is 2.32. The normalized spacial score (nSPS) is 14.7. The summed E-state index contributed by atoms with van der Waals surface area (Å²) in [5.74, 6) is 0. The van der Waals surface area contributed by atoms with E-state index in [2.05, 4.69) is 10.6 Å². The molecule has 4 N–H and O–H groups in total. The third kappa shape index (κ3) is 5.23. The van der Waals surface area contributed by atoms with Gasteiger partial charge in [0, 0.05) is 19.5 Å². The minimum atomic E-state index is -0.677. The second kappa shape index (κ2) is 7.35. The summed E-state index contributed by atoms with van der Waals surface area (Å²) in [7, 11) is 1.77. The number of hydrogen-bond acceptors (Lipinski definition) is 4. The summed E-state index contributed by atoms with van der Waals surface area (Å²) in [6, 6.07) is 9.85. The maximum atomic E-state index is 9.61. The topological polar surface area (TPSA) is 64.5 Å². The molecule has 0 heterocycles. The maximum absolute atomic E-state index is 9.61. The first-order chi connectivity index (χ1) is 7.72. The van der Waals surface area contributed by atoms with Crippen molar-refractivity contribution in [3.05, 3.63) is 35.9 Å². The Hall–Kier alpha value is -0.940. The molecule has 16 heavy (non-hydrogen) atoms. The van der Waals surface area contributed by atoms with Crippen LogP contribution in [-0.4, -0.2) is 36.1 Å². The number of aliphatic hydroxyl groups excluding tert-OH is 2. The van der Waals surface area contributed by atoms with E-state index >= 15 is 0 Å². The fourth-order valence-corrected chi connectivity index (χ4v) is 1.49. The van der Waals surface area contributed by atoms with E-state index in [0.717, 1.165) is 5.56 Å². The van der Waals surface area contributed by atoms with E-state index in [-0.39, 0.29) is 0 Å². The number of benzene rings is 1. The van der Waals surface area contributed by atoms with E-state index in [1.54, 1.807) is 7.05 Å². The van der Waals surface area contributed by atoms with Gasteiger partial charge in [-0.05, 0) is 12.6 Å². The highest BCUT2D eigenvalue weighted by Gasteiger charge is 2.10. The van der Waals surface area contributed by atoms with Crippen LogP contribution in [0.1, 0.15) is 12.0 Å². The standard InChI is InChI=1S/C12H20N2O2/c1-13-9-11(15)7-12(16)14-8-10-5-3-2-4-6-10/h2-6,11-16H,7-9H2,1H3. The van der Waals surface area contributed by atoms with Crippen molar-refractivity contribution in [2.24, 2.45) is 0 Å². The zero-order valence-electron chi connectivity index (χ0n) is 9.56. The van der Waals surface area contributed by atoms with E-state index < -0.39 is 12.3 Å². The van der Waals surface area contributed by atoms with Crippen LogP contribution in [0, 0.1) is 0 Å². The van der Waals surface area contributed by atoms with E-state index in [1.807, 2.05) is 30.3 Å². The molecular formula is C12H20N2O2. The Labute approximate surface area is 96.3 Å². The fraction of sp³-hybridized carbons (Fsp3) is 0.500. The predicted molar refractivity (Wildman–Crippen MR) is 63.8 cm³/mol. The van der Waals surface area contributed by atoms with Gasteiger partial charge in [-0.2, -0.15) is 0 Å². The van der Waals surface area contributed by atoms with Crippen LogP contribution < -0.4 is 10.6 Å². The average molecular weight is 224 g/mol. The van der Waals surface area contributed by atoms with Gasteiger partial charge in [0.25, 0.3) is 0 Å². The molecule has 0 bridgehead atoms. The van der Waals surface area contributed by atoms with Crippen LogP contribution in [0.25, 0.3) is 0 Å². The molecule has 0 saturated heterocycles. The number of rotatable bonds is 7. The molecule has 0 spiro atoms. The first kappa shape index (κ1) is 13.1. The highest BCUT2D eigenvalue weighted by Crippen LogP contribution is 2.00. The van der Waals surface area contributed by atoms with Crippen LogP contribution in [0.3, 0.4) is 0 Å². The van der Waals surface area contributed by atoms with Gasteiger partial charge >= 0.3 is 0 Å². The minimum Gasteiger partial charge on any atom is -0.392 e. The summed E-state index contributed by atoms with van der Waals surface area (Å²) in [4.78, 5) is 0. The van der Waals surface area contributed by atoms with Crippen molar-refractivity contribution in [2.75, 3.05) is 13.6 Å². The van der Waals surface area contributed by atoms with Crippen LogP contribution in [-0.2, 0) is 6.54 Å². The van der Waals surface area contributed by atoms with Crippen molar-refractivity contribution < 1.29 is 10.2 Å². The third-order valence-electron chi connectivity index (χ3n) is 2.32. The van der Waals surface area contributed by atoms with E-state index in [4.69, 9.17) is 0 Å². The van der Waals surface area contributed by atoms with Crippen LogP contribution in [0.4, 0.5) is 0 Å². The van der Waals surface area contributed by atoms with E-state index in [1.165, 1.54) is 0 Å². The van der Waals surface area contributed by atoms with Gasteiger partial charge in [0.2, 0.25) is 0 Å². The van der Waals surface area contributed by atoms with E-state index in [0.29, 0.717) is 19.5 Å². The molecule has 90 valence electrons. The van der Waals surface area contributed by atoms with Crippen LogP contribution in [0.15, 0.2) is 30.3 Å². The lowest BCUT2D eigenvalue weighted by molar-refractivity contribution is 0.0600. The smallest absolute Gasteiger partial charge is 0.107 e. The second-order valence-electron chi connectivity index (χ2n) is 3.83. The highest BCUT2D eigenvalue weighted by atomic mass is 16.3. The average Bonchev–Trinajstić information content (AvgIpc) is 2.28. The molecule has 0 aliphatic heterocycles. The Kier molecular flexibility index (Phi) is 6.03. The molecule has 0 saturated carbocycles. The molecule has 2 unspecified atom stereocenters. The molecule has 4 heteroatoms. The molecule has 0 radical (unpaired) electrons. The molecular weight excluding hydrogens is 204 g/mol. The number of likely N-dealkylation sites (N-methyl/N-ethyl adjacent to an activating group) is 1. The molecule has 4 nitrogen and oxygen atoms in total. The molecule has 1 aromatic rings. The Morgan fingerprint density at radius 1 is 1.19 bits per heavy atom. The molecule has 0 aliphatic rings. The van der Waals surface area contributed by atoms with Gasteiger partial charge in [0.05, 0.1) is 6.10 Å². The number of hydrogen-bond donors (Lipinski definition) is 4. The zero-order valence-corrected chi connectivity index (χ0v) is 9.56. The molecule has 2 atom stereocenters. The van der Waals surface area contributed by atoms with Gasteiger partial charge in [0.1, 0.15) is 6.23 Å². The summed E-state index contributed by atoms with van der Waals surface area (Å²) >= 11 is 0. The molecule has 0 aromatic heterocycles. The zero-order chi connectivity index (χ0) is 11.8. The maximum Gasteiger partial charge on any atom is 0.107 e. The lowest BCUT2D eigenvalue weighted by atomic mass is 10.2. The Morgan fingerprint density at radius 3 is 2.50 bits per heavy atom.